The molecule has 0 atom stereocenters. The molecule has 0 aromatic heterocycles. The SMILES string of the molecule is CSCC(=O)N1CCC(Oc2cc(C)ccc2F)(C(=O)O)CC1. The second-order valence-electron chi connectivity index (χ2n) is 5.65. The Bertz CT molecular complexity index is 600. The van der Waals surface area contributed by atoms with Crippen molar-refractivity contribution < 1.29 is 23.8 Å². The Morgan fingerprint density at radius 2 is 2.04 bits per heavy atom. The van der Waals surface area contributed by atoms with Gasteiger partial charge in [-0.15, -0.1) is 0 Å². The van der Waals surface area contributed by atoms with Gasteiger partial charge in [0, 0.05) is 25.9 Å². The fourth-order valence-corrected chi connectivity index (χ4v) is 3.02. The number of aliphatic carboxylic acids is 1. The van der Waals surface area contributed by atoms with Crippen LogP contribution in [-0.4, -0.2) is 52.6 Å². The molecule has 0 spiro atoms. The van der Waals surface area contributed by atoms with Crippen LogP contribution in [0.4, 0.5) is 4.39 Å². The fourth-order valence-electron chi connectivity index (χ4n) is 2.59. The number of thioether (sulfide) groups is 1. The van der Waals surface area contributed by atoms with Crippen molar-refractivity contribution >= 4 is 23.6 Å². The number of ether oxygens (including phenoxy) is 1. The maximum atomic E-state index is 13.9. The molecular weight excluding hydrogens is 321 g/mol. The third kappa shape index (κ3) is 3.96. The molecule has 126 valence electrons. The third-order valence-corrected chi connectivity index (χ3v) is 4.51. The Hall–Kier alpha value is -1.76. The summed E-state index contributed by atoms with van der Waals surface area (Å²) in [4.78, 5) is 25.2. The molecule has 23 heavy (non-hydrogen) atoms. The molecule has 0 unspecified atom stereocenters. The highest BCUT2D eigenvalue weighted by molar-refractivity contribution is 7.99. The fraction of sp³-hybridized carbons (Fsp3) is 0.500. The van der Waals surface area contributed by atoms with E-state index in [1.54, 1.807) is 17.9 Å². The number of hydrogen-bond acceptors (Lipinski definition) is 4. The molecule has 0 saturated carbocycles. The maximum Gasteiger partial charge on any atom is 0.348 e. The van der Waals surface area contributed by atoms with E-state index in [0.29, 0.717) is 18.8 Å². The van der Waals surface area contributed by atoms with Crippen molar-refractivity contribution in [3.05, 3.63) is 29.6 Å². The van der Waals surface area contributed by atoms with E-state index in [9.17, 15) is 19.1 Å². The Labute approximate surface area is 138 Å². The zero-order valence-corrected chi connectivity index (χ0v) is 14.0. The van der Waals surface area contributed by atoms with E-state index >= 15 is 0 Å². The molecule has 1 fully saturated rings. The summed E-state index contributed by atoms with van der Waals surface area (Å²) in [6.45, 7) is 2.36. The van der Waals surface area contributed by atoms with Crippen LogP contribution < -0.4 is 4.74 Å². The number of amides is 1. The average Bonchev–Trinajstić information content (AvgIpc) is 2.51. The summed E-state index contributed by atoms with van der Waals surface area (Å²) >= 11 is 1.43. The first-order chi connectivity index (χ1) is 10.9. The predicted molar refractivity (Wildman–Crippen MR) is 86.3 cm³/mol. The molecule has 7 heteroatoms. The van der Waals surface area contributed by atoms with Gasteiger partial charge in [0.05, 0.1) is 5.75 Å². The lowest BCUT2D eigenvalue weighted by Gasteiger charge is -2.38. The van der Waals surface area contributed by atoms with Crippen molar-refractivity contribution in [2.75, 3.05) is 25.1 Å². The summed E-state index contributed by atoms with van der Waals surface area (Å²) in [5.74, 6) is -1.42. The Balaban J connectivity index is 2.15. The molecule has 5 nitrogen and oxygen atoms in total. The van der Waals surface area contributed by atoms with E-state index in [1.807, 2.05) is 6.26 Å². The molecule has 1 heterocycles. The number of hydrogen-bond donors (Lipinski definition) is 1. The van der Waals surface area contributed by atoms with Crippen molar-refractivity contribution in [1.82, 2.24) is 4.90 Å². The highest BCUT2D eigenvalue weighted by Gasteiger charge is 2.45. The quantitative estimate of drug-likeness (QED) is 0.890. The number of halogens is 1. The van der Waals surface area contributed by atoms with Crippen LogP contribution in [0.5, 0.6) is 5.75 Å². The lowest BCUT2D eigenvalue weighted by Crippen LogP contribution is -2.54. The van der Waals surface area contributed by atoms with Gasteiger partial charge in [-0.3, -0.25) is 4.79 Å². The molecule has 1 aromatic carbocycles. The Morgan fingerprint density at radius 1 is 1.39 bits per heavy atom. The van der Waals surface area contributed by atoms with Crippen LogP contribution in [0.2, 0.25) is 0 Å². The van der Waals surface area contributed by atoms with Gasteiger partial charge < -0.3 is 14.7 Å². The molecule has 1 aromatic rings. The van der Waals surface area contributed by atoms with E-state index in [4.69, 9.17) is 4.74 Å². The van der Waals surface area contributed by atoms with Gasteiger partial charge in [0.15, 0.2) is 11.6 Å². The Morgan fingerprint density at radius 3 is 2.61 bits per heavy atom. The number of carboxylic acids is 1. The van der Waals surface area contributed by atoms with Gasteiger partial charge in [0.1, 0.15) is 0 Å². The standard InChI is InChI=1S/C16H20FNO4S/c1-11-3-4-12(17)13(9-11)22-16(15(20)21)5-7-18(8-6-16)14(19)10-23-2/h3-4,9H,5-8,10H2,1-2H3,(H,20,21). The summed E-state index contributed by atoms with van der Waals surface area (Å²) in [6, 6.07) is 4.35. The molecule has 0 aliphatic carbocycles. The smallest absolute Gasteiger partial charge is 0.348 e. The number of piperidine rings is 1. The number of benzene rings is 1. The maximum absolute atomic E-state index is 13.9. The second-order valence-corrected chi connectivity index (χ2v) is 6.52. The first-order valence-electron chi connectivity index (χ1n) is 7.33. The van der Waals surface area contributed by atoms with Gasteiger partial charge in [-0.25, -0.2) is 9.18 Å². The van der Waals surface area contributed by atoms with E-state index in [-0.39, 0.29) is 24.5 Å². The molecule has 1 aliphatic rings. The number of nitrogens with zero attached hydrogens (tertiary/aromatic N) is 1. The van der Waals surface area contributed by atoms with Crippen molar-refractivity contribution in [2.24, 2.45) is 0 Å². The van der Waals surface area contributed by atoms with Crippen molar-refractivity contribution in [2.45, 2.75) is 25.4 Å². The van der Waals surface area contributed by atoms with Gasteiger partial charge in [-0.2, -0.15) is 11.8 Å². The van der Waals surface area contributed by atoms with Gasteiger partial charge in [-0.1, -0.05) is 6.07 Å². The van der Waals surface area contributed by atoms with Gasteiger partial charge >= 0.3 is 5.97 Å². The molecule has 1 amide bonds. The van der Waals surface area contributed by atoms with Crippen LogP contribution in [0, 0.1) is 12.7 Å². The van der Waals surface area contributed by atoms with Crippen molar-refractivity contribution in [3.8, 4) is 5.75 Å². The number of carboxylic acid groups (broad SMARTS) is 1. The normalized spacial score (nSPS) is 16.9. The van der Waals surface area contributed by atoms with Crippen molar-refractivity contribution in [3.63, 3.8) is 0 Å². The van der Waals surface area contributed by atoms with Gasteiger partial charge in [-0.05, 0) is 30.9 Å². The lowest BCUT2D eigenvalue weighted by molar-refractivity contribution is -0.161. The minimum Gasteiger partial charge on any atom is -0.478 e. The average molecular weight is 341 g/mol. The van der Waals surface area contributed by atoms with Gasteiger partial charge in [0.2, 0.25) is 11.5 Å². The highest BCUT2D eigenvalue weighted by atomic mass is 32.2. The Kier molecular flexibility index (Phi) is 5.51. The van der Waals surface area contributed by atoms with Crippen LogP contribution in [0.25, 0.3) is 0 Å². The van der Waals surface area contributed by atoms with Crippen molar-refractivity contribution in [1.29, 1.82) is 0 Å². The summed E-state index contributed by atoms with van der Waals surface area (Å²) in [5, 5.41) is 9.58. The van der Waals surface area contributed by atoms with Crippen LogP contribution in [0.1, 0.15) is 18.4 Å². The van der Waals surface area contributed by atoms with Gasteiger partial charge in [0.25, 0.3) is 0 Å². The third-order valence-electron chi connectivity index (χ3n) is 3.97. The van der Waals surface area contributed by atoms with E-state index < -0.39 is 17.4 Å². The summed E-state index contributed by atoms with van der Waals surface area (Å²) in [7, 11) is 0. The summed E-state index contributed by atoms with van der Waals surface area (Å²) in [5.41, 5.74) is -0.709. The van der Waals surface area contributed by atoms with Crippen LogP contribution in [0.15, 0.2) is 18.2 Å². The number of likely N-dealkylation sites (tertiary alicyclic amines) is 1. The second kappa shape index (κ2) is 7.21. The first-order valence-corrected chi connectivity index (χ1v) is 8.72. The zero-order valence-electron chi connectivity index (χ0n) is 13.2. The number of rotatable bonds is 5. The van der Waals surface area contributed by atoms with E-state index in [1.165, 1.54) is 23.9 Å². The van der Waals surface area contributed by atoms with Crippen LogP contribution in [0.3, 0.4) is 0 Å². The highest BCUT2D eigenvalue weighted by Crippen LogP contribution is 2.31. The molecule has 1 saturated heterocycles. The predicted octanol–water partition coefficient (Wildman–Crippen LogP) is 2.32. The molecule has 0 radical (unpaired) electrons. The summed E-state index contributed by atoms with van der Waals surface area (Å²) in [6.07, 6.45) is 2.11. The molecular formula is C16H20FNO4S. The van der Waals surface area contributed by atoms with Crippen LogP contribution in [-0.2, 0) is 9.59 Å². The lowest BCUT2D eigenvalue weighted by atomic mass is 9.91. The number of carbonyl (C=O) groups is 2. The molecule has 0 bridgehead atoms. The minimum absolute atomic E-state index is 0.0155. The molecule has 1 aliphatic heterocycles. The molecule has 2 rings (SSSR count). The monoisotopic (exact) mass is 341 g/mol. The minimum atomic E-state index is -1.50. The topological polar surface area (TPSA) is 66.8 Å². The largest absolute Gasteiger partial charge is 0.478 e. The van der Waals surface area contributed by atoms with E-state index in [2.05, 4.69) is 0 Å². The number of carbonyl (C=O) groups excluding carboxylic acids is 1. The van der Waals surface area contributed by atoms with E-state index in [0.717, 1.165) is 5.56 Å². The first kappa shape index (κ1) is 17.6. The molecule has 1 N–H and O–H groups in total. The summed E-state index contributed by atoms with van der Waals surface area (Å²) < 4.78 is 19.5. The zero-order chi connectivity index (χ0) is 17.0. The number of aryl methyl sites for hydroxylation is 1. The van der Waals surface area contributed by atoms with Crippen LogP contribution >= 0.6 is 11.8 Å².